The monoisotopic (exact) mass is 255 g/mol. The summed E-state index contributed by atoms with van der Waals surface area (Å²) < 4.78 is 5.03. The van der Waals surface area contributed by atoms with Crippen molar-refractivity contribution in [1.82, 2.24) is 5.32 Å². The lowest BCUT2D eigenvalue weighted by molar-refractivity contribution is 0.192. The van der Waals surface area contributed by atoms with Crippen molar-refractivity contribution in [2.45, 2.75) is 26.3 Å². The zero-order valence-electron chi connectivity index (χ0n) is 10.9. The summed E-state index contributed by atoms with van der Waals surface area (Å²) in [6, 6.07) is 8.57. The van der Waals surface area contributed by atoms with Gasteiger partial charge < -0.3 is 10.1 Å². The summed E-state index contributed by atoms with van der Waals surface area (Å²) in [5.41, 5.74) is 1.30. The van der Waals surface area contributed by atoms with Crippen molar-refractivity contribution >= 4 is 11.6 Å². The molecule has 1 aromatic rings. The number of hydrogen-bond acceptors (Lipinski definition) is 2. The first-order chi connectivity index (χ1) is 8.13. The van der Waals surface area contributed by atoms with Gasteiger partial charge in [-0.15, -0.1) is 0 Å². The van der Waals surface area contributed by atoms with Crippen LogP contribution in [0.3, 0.4) is 0 Å². The van der Waals surface area contributed by atoms with Crippen LogP contribution >= 0.6 is 11.6 Å². The van der Waals surface area contributed by atoms with Crippen LogP contribution < -0.4 is 5.32 Å². The summed E-state index contributed by atoms with van der Waals surface area (Å²) >= 11 is 5.98. The fraction of sp³-hybridized carbons (Fsp3) is 0.571. The van der Waals surface area contributed by atoms with Gasteiger partial charge in [0.25, 0.3) is 0 Å². The molecule has 0 radical (unpaired) electrons. The van der Waals surface area contributed by atoms with Crippen molar-refractivity contribution < 1.29 is 4.74 Å². The predicted octanol–water partition coefficient (Wildman–Crippen LogP) is 3.14. The average molecular weight is 256 g/mol. The lowest BCUT2D eigenvalue weighted by Gasteiger charge is -2.21. The maximum Gasteiger partial charge on any atom is 0.0587 e. The molecule has 0 aliphatic rings. The summed E-state index contributed by atoms with van der Waals surface area (Å²) in [6.45, 7) is 6.13. The molecule has 1 aromatic carbocycles. The Morgan fingerprint density at radius 3 is 2.76 bits per heavy atom. The van der Waals surface area contributed by atoms with Gasteiger partial charge in [0.1, 0.15) is 0 Å². The van der Waals surface area contributed by atoms with Crippen LogP contribution in [0.5, 0.6) is 0 Å². The Balaban J connectivity index is 2.39. The number of benzene rings is 1. The maximum atomic E-state index is 5.98. The predicted molar refractivity (Wildman–Crippen MR) is 73.7 cm³/mol. The summed E-state index contributed by atoms with van der Waals surface area (Å²) in [5, 5.41) is 4.27. The molecule has 0 aliphatic heterocycles. The van der Waals surface area contributed by atoms with Crippen LogP contribution in [0.4, 0.5) is 0 Å². The van der Waals surface area contributed by atoms with Crippen LogP contribution in [-0.2, 0) is 11.2 Å². The Bertz CT molecular complexity index is 330. The summed E-state index contributed by atoms with van der Waals surface area (Å²) in [4.78, 5) is 0. The van der Waals surface area contributed by atoms with Crippen LogP contribution in [0.15, 0.2) is 24.3 Å². The van der Waals surface area contributed by atoms with Crippen molar-refractivity contribution in [1.29, 1.82) is 0 Å². The van der Waals surface area contributed by atoms with Crippen LogP contribution in [0.2, 0.25) is 5.02 Å². The van der Waals surface area contributed by atoms with E-state index in [2.05, 4.69) is 25.2 Å². The maximum absolute atomic E-state index is 5.98. The third-order valence-corrected chi connectivity index (χ3v) is 3.31. The highest BCUT2D eigenvalue weighted by Gasteiger charge is 2.12. The Morgan fingerprint density at radius 1 is 1.35 bits per heavy atom. The van der Waals surface area contributed by atoms with Crippen molar-refractivity contribution in [3.8, 4) is 0 Å². The zero-order valence-corrected chi connectivity index (χ0v) is 11.6. The highest BCUT2D eigenvalue weighted by atomic mass is 35.5. The molecule has 0 spiro atoms. The molecule has 0 aromatic heterocycles. The van der Waals surface area contributed by atoms with Gasteiger partial charge in [0.05, 0.1) is 6.61 Å². The molecule has 0 saturated heterocycles. The molecule has 2 nitrogen and oxygen atoms in total. The smallest absolute Gasteiger partial charge is 0.0587 e. The molecule has 2 atom stereocenters. The van der Waals surface area contributed by atoms with E-state index >= 15 is 0 Å². The van der Waals surface area contributed by atoms with Gasteiger partial charge in [-0.3, -0.25) is 0 Å². The molecule has 3 heteroatoms. The van der Waals surface area contributed by atoms with E-state index in [-0.39, 0.29) is 0 Å². The number of halogens is 1. The first kappa shape index (κ1) is 14.5. The molecule has 17 heavy (non-hydrogen) atoms. The van der Waals surface area contributed by atoms with E-state index < -0.39 is 0 Å². The molecule has 0 saturated carbocycles. The first-order valence-corrected chi connectivity index (χ1v) is 6.48. The van der Waals surface area contributed by atoms with Crippen molar-refractivity contribution in [2.24, 2.45) is 5.92 Å². The number of rotatable bonds is 7. The minimum atomic E-state index is 0.476. The Morgan fingerprint density at radius 2 is 2.12 bits per heavy atom. The molecule has 1 rings (SSSR count). The van der Waals surface area contributed by atoms with E-state index in [9.17, 15) is 0 Å². The Hall–Kier alpha value is -0.570. The minimum absolute atomic E-state index is 0.476. The van der Waals surface area contributed by atoms with E-state index in [4.69, 9.17) is 16.3 Å². The van der Waals surface area contributed by atoms with Crippen molar-refractivity contribution in [3.05, 3.63) is 34.9 Å². The molecule has 1 N–H and O–H groups in total. The second kappa shape index (κ2) is 7.70. The SMILES string of the molecule is COCCNC(C)C(C)Cc1cccc(Cl)c1. The molecule has 2 unspecified atom stereocenters. The minimum Gasteiger partial charge on any atom is -0.383 e. The molecule has 0 amide bonds. The van der Waals surface area contributed by atoms with Crippen LogP contribution in [0.1, 0.15) is 19.4 Å². The Labute approximate surface area is 109 Å². The Kier molecular flexibility index (Phi) is 6.56. The third kappa shape index (κ3) is 5.53. The van der Waals surface area contributed by atoms with Gasteiger partial charge in [0.2, 0.25) is 0 Å². The van der Waals surface area contributed by atoms with E-state index in [1.807, 2.05) is 18.2 Å². The van der Waals surface area contributed by atoms with Crippen LogP contribution in [0.25, 0.3) is 0 Å². The lowest BCUT2D eigenvalue weighted by Crippen LogP contribution is -2.35. The van der Waals surface area contributed by atoms with Crippen LogP contribution in [0, 0.1) is 5.92 Å². The number of ether oxygens (including phenoxy) is 1. The fourth-order valence-electron chi connectivity index (χ4n) is 1.80. The number of nitrogens with one attached hydrogen (secondary N) is 1. The average Bonchev–Trinajstić information content (AvgIpc) is 2.29. The van der Waals surface area contributed by atoms with Gasteiger partial charge in [-0.25, -0.2) is 0 Å². The first-order valence-electron chi connectivity index (χ1n) is 6.10. The lowest BCUT2D eigenvalue weighted by atomic mass is 9.95. The largest absolute Gasteiger partial charge is 0.383 e. The normalized spacial score (nSPS) is 14.6. The molecule has 0 fully saturated rings. The summed E-state index contributed by atoms with van der Waals surface area (Å²) in [7, 11) is 1.72. The topological polar surface area (TPSA) is 21.3 Å². The highest BCUT2D eigenvalue weighted by Crippen LogP contribution is 2.16. The number of hydrogen-bond donors (Lipinski definition) is 1. The second-order valence-corrected chi connectivity index (χ2v) is 4.98. The molecular formula is C14H22ClNO. The third-order valence-electron chi connectivity index (χ3n) is 3.07. The van der Waals surface area contributed by atoms with Gasteiger partial charge in [0.15, 0.2) is 0 Å². The van der Waals surface area contributed by atoms with Crippen molar-refractivity contribution in [3.63, 3.8) is 0 Å². The molecular weight excluding hydrogens is 234 g/mol. The molecule has 96 valence electrons. The van der Waals surface area contributed by atoms with Crippen LogP contribution in [-0.4, -0.2) is 26.3 Å². The number of methoxy groups -OCH3 is 1. The molecule has 0 aliphatic carbocycles. The highest BCUT2D eigenvalue weighted by molar-refractivity contribution is 6.30. The van der Waals surface area contributed by atoms with Gasteiger partial charge in [0, 0.05) is 24.7 Å². The van der Waals surface area contributed by atoms with Gasteiger partial charge >= 0.3 is 0 Å². The summed E-state index contributed by atoms with van der Waals surface area (Å²) in [6.07, 6.45) is 1.04. The zero-order chi connectivity index (χ0) is 12.7. The fourth-order valence-corrected chi connectivity index (χ4v) is 2.02. The van der Waals surface area contributed by atoms with E-state index in [1.54, 1.807) is 7.11 Å². The van der Waals surface area contributed by atoms with Gasteiger partial charge in [-0.1, -0.05) is 30.7 Å². The van der Waals surface area contributed by atoms with E-state index in [1.165, 1.54) is 5.56 Å². The molecule has 0 bridgehead atoms. The van der Waals surface area contributed by atoms with E-state index in [0.717, 1.165) is 24.6 Å². The van der Waals surface area contributed by atoms with Gasteiger partial charge in [-0.05, 0) is 37.0 Å². The quantitative estimate of drug-likeness (QED) is 0.756. The van der Waals surface area contributed by atoms with Crippen molar-refractivity contribution in [2.75, 3.05) is 20.3 Å². The molecule has 0 heterocycles. The standard InChI is InChI=1S/C14H22ClNO/c1-11(12(2)16-7-8-17-3)9-13-5-4-6-14(15)10-13/h4-6,10-12,16H,7-9H2,1-3H3. The summed E-state index contributed by atoms with van der Waals surface area (Å²) in [5.74, 6) is 0.574. The second-order valence-electron chi connectivity index (χ2n) is 4.55. The van der Waals surface area contributed by atoms with E-state index in [0.29, 0.717) is 12.0 Å². The van der Waals surface area contributed by atoms with Gasteiger partial charge in [-0.2, -0.15) is 0 Å².